The highest BCUT2D eigenvalue weighted by Crippen LogP contribution is 2.40. The summed E-state index contributed by atoms with van der Waals surface area (Å²) in [6.07, 6.45) is 0. The highest BCUT2D eigenvalue weighted by molar-refractivity contribution is 9.10. The lowest BCUT2D eigenvalue weighted by atomic mass is 10.1. The van der Waals surface area contributed by atoms with Gasteiger partial charge in [0.05, 0.1) is 10.2 Å². The number of fused-ring (bicyclic) bond motifs is 1. The minimum absolute atomic E-state index is 0.131. The molecule has 2 aromatic rings. The van der Waals surface area contributed by atoms with Gasteiger partial charge in [-0.25, -0.2) is 8.78 Å². The van der Waals surface area contributed by atoms with Gasteiger partial charge < -0.3 is 14.8 Å². The molecule has 21 heavy (non-hydrogen) atoms. The molecule has 0 bridgehead atoms. The minimum atomic E-state index is -0.478. The molecule has 0 amide bonds. The van der Waals surface area contributed by atoms with Crippen LogP contribution in [-0.2, 0) is 6.54 Å². The van der Waals surface area contributed by atoms with Crippen LogP contribution in [0.15, 0.2) is 28.7 Å². The first-order valence-corrected chi connectivity index (χ1v) is 7.11. The lowest BCUT2D eigenvalue weighted by Crippen LogP contribution is -2.03. The Morgan fingerprint density at radius 2 is 1.95 bits per heavy atom. The predicted octanol–water partition coefficient (Wildman–Crippen LogP) is 4.38. The number of hydrogen-bond acceptors (Lipinski definition) is 3. The Labute approximate surface area is 129 Å². The third-order valence-electron chi connectivity index (χ3n) is 3.22. The van der Waals surface area contributed by atoms with Crippen LogP contribution in [0.4, 0.5) is 14.5 Å². The third kappa shape index (κ3) is 2.81. The molecule has 0 aliphatic carbocycles. The van der Waals surface area contributed by atoms with E-state index in [1.54, 1.807) is 0 Å². The van der Waals surface area contributed by atoms with Gasteiger partial charge in [-0.05, 0) is 52.2 Å². The minimum Gasteiger partial charge on any atom is -0.454 e. The first-order valence-electron chi connectivity index (χ1n) is 6.32. The molecule has 1 heterocycles. The molecule has 0 fully saturated rings. The highest BCUT2D eigenvalue weighted by Gasteiger charge is 2.18. The van der Waals surface area contributed by atoms with Gasteiger partial charge in [0, 0.05) is 12.6 Å². The lowest BCUT2D eigenvalue weighted by Gasteiger charge is -2.10. The second-order valence-electron chi connectivity index (χ2n) is 4.75. The number of halogens is 3. The lowest BCUT2D eigenvalue weighted by molar-refractivity contribution is 0.173. The van der Waals surface area contributed by atoms with Gasteiger partial charge >= 0.3 is 0 Å². The van der Waals surface area contributed by atoms with Crippen LogP contribution in [0.1, 0.15) is 11.1 Å². The molecule has 3 nitrogen and oxygen atoms in total. The van der Waals surface area contributed by atoms with Crippen molar-refractivity contribution in [3.63, 3.8) is 0 Å². The monoisotopic (exact) mass is 355 g/mol. The van der Waals surface area contributed by atoms with E-state index in [9.17, 15) is 8.78 Å². The summed E-state index contributed by atoms with van der Waals surface area (Å²) in [7, 11) is 0. The summed E-state index contributed by atoms with van der Waals surface area (Å²) in [4.78, 5) is 0. The highest BCUT2D eigenvalue weighted by atomic mass is 79.9. The molecule has 1 aliphatic rings. The largest absolute Gasteiger partial charge is 0.454 e. The molecule has 0 unspecified atom stereocenters. The second-order valence-corrected chi connectivity index (χ2v) is 5.60. The van der Waals surface area contributed by atoms with Crippen molar-refractivity contribution in [2.45, 2.75) is 13.5 Å². The quantitative estimate of drug-likeness (QED) is 0.886. The van der Waals surface area contributed by atoms with Crippen LogP contribution < -0.4 is 14.8 Å². The summed E-state index contributed by atoms with van der Waals surface area (Å²) in [6, 6.07) is 5.99. The maximum absolute atomic E-state index is 13.7. The molecule has 0 spiro atoms. The molecule has 0 radical (unpaired) electrons. The molecular formula is C15H12BrF2NO2. The fourth-order valence-corrected chi connectivity index (χ4v) is 2.71. The second kappa shape index (κ2) is 5.52. The van der Waals surface area contributed by atoms with Crippen LogP contribution in [-0.4, -0.2) is 6.79 Å². The third-order valence-corrected chi connectivity index (χ3v) is 3.81. The summed E-state index contributed by atoms with van der Waals surface area (Å²) in [5.41, 5.74) is 1.28. The number of hydrogen-bond donors (Lipinski definition) is 1. The summed E-state index contributed by atoms with van der Waals surface area (Å²) in [5, 5.41) is 2.88. The van der Waals surface area contributed by atoms with E-state index < -0.39 is 11.6 Å². The van der Waals surface area contributed by atoms with Crippen molar-refractivity contribution < 1.29 is 18.3 Å². The maximum Gasteiger partial charge on any atom is 0.231 e. The van der Waals surface area contributed by atoms with Crippen LogP contribution in [0.3, 0.4) is 0 Å². The number of benzene rings is 2. The molecule has 110 valence electrons. The average molecular weight is 356 g/mol. The topological polar surface area (TPSA) is 30.5 Å². The van der Waals surface area contributed by atoms with Gasteiger partial charge in [-0.3, -0.25) is 0 Å². The average Bonchev–Trinajstić information content (AvgIpc) is 2.90. The van der Waals surface area contributed by atoms with Gasteiger partial charge in [0.15, 0.2) is 11.5 Å². The molecule has 2 aromatic carbocycles. The molecule has 0 saturated carbocycles. The van der Waals surface area contributed by atoms with Crippen molar-refractivity contribution in [3.8, 4) is 11.5 Å². The van der Waals surface area contributed by atoms with Crippen molar-refractivity contribution in [2.75, 3.05) is 12.1 Å². The zero-order valence-corrected chi connectivity index (χ0v) is 12.8. The Balaban J connectivity index is 1.79. The van der Waals surface area contributed by atoms with Crippen LogP contribution in [0.25, 0.3) is 0 Å². The maximum atomic E-state index is 13.7. The van der Waals surface area contributed by atoms with Gasteiger partial charge in [0.25, 0.3) is 0 Å². The molecule has 0 atom stereocenters. The van der Waals surface area contributed by atoms with Gasteiger partial charge in [-0.2, -0.15) is 0 Å². The summed E-state index contributed by atoms with van der Waals surface area (Å²) in [6.45, 7) is 2.05. The van der Waals surface area contributed by atoms with Gasteiger partial charge in [0.1, 0.15) is 11.6 Å². The smallest absolute Gasteiger partial charge is 0.231 e. The van der Waals surface area contributed by atoms with Crippen molar-refractivity contribution in [2.24, 2.45) is 0 Å². The van der Waals surface area contributed by atoms with Crippen LogP contribution in [0.5, 0.6) is 11.5 Å². The number of aryl methyl sites for hydroxylation is 1. The van der Waals surface area contributed by atoms with E-state index in [4.69, 9.17) is 9.47 Å². The summed E-state index contributed by atoms with van der Waals surface area (Å²) >= 11 is 3.39. The Hall–Kier alpha value is -1.82. The molecule has 1 aliphatic heterocycles. The predicted molar refractivity (Wildman–Crippen MR) is 78.7 cm³/mol. The molecular weight excluding hydrogens is 344 g/mol. The first kappa shape index (κ1) is 14.1. The fraction of sp³-hybridized carbons (Fsp3) is 0.200. The number of anilines is 1. The van der Waals surface area contributed by atoms with Crippen LogP contribution >= 0.6 is 15.9 Å². The molecule has 6 heteroatoms. The van der Waals surface area contributed by atoms with Crippen LogP contribution in [0.2, 0.25) is 0 Å². The van der Waals surface area contributed by atoms with Crippen molar-refractivity contribution in [1.29, 1.82) is 0 Å². The molecule has 0 aromatic heterocycles. The Bertz CT molecular complexity index is 707. The zero-order chi connectivity index (χ0) is 15.0. The number of ether oxygens (including phenoxy) is 2. The van der Waals surface area contributed by atoms with Crippen molar-refractivity contribution in [1.82, 2.24) is 0 Å². The summed E-state index contributed by atoms with van der Waals surface area (Å²) in [5.74, 6) is 0.377. The van der Waals surface area contributed by atoms with Gasteiger partial charge in [-0.1, -0.05) is 0 Å². The molecule has 1 N–H and O–H groups in total. The van der Waals surface area contributed by atoms with Crippen LogP contribution in [0, 0.1) is 18.6 Å². The van der Waals surface area contributed by atoms with Gasteiger partial charge in [0.2, 0.25) is 6.79 Å². The normalized spacial score (nSPS) is 12.6. The van der Waals surface area contributed by atoms with E-state index in [0.717, 1.165) is 16.1 Å². The van der Waals surface area contributed by atoms with Crippen molar-refractivity contribution >= 4 is 21.6 Å². The fourth-order valence-electron chi connectivity index (χ4n) is 2.10. The van der Waals surface area contributed by atoms with E-state index in [0.29, 0.717) is 18.0 Å². The van der Waals surface area contributed by atoms with E-state index in [2.05, 4.69) is 21.2 Å². The SMILES string of the molecule is Cc1cc(F)c(NCc2cc(Br)c3c(c2)OCO3)cc1F. The zero-order valence-electron chi connectivity index (χ0n) is 11.2. The van der Waals surface area contributed by atoms with E-state index in [1.807, 2.05) is 12.1 Å². The Kier molecular flexibility index (Phi) is 3.71. The Morgan fingerprint density at radius 3 is 2.76 bits per heavy atom. The van der Waals surface area contributed by atoms with Crippen molar-refractivity contribution in [3.05, 3.63) is 51.5 Å². The Morgan fingerprint density at radius 1 is 1.14 bits per heavy atom. The molecule has 0 saturated heterocycles. The van der Waals surface area contributed by atoms with E-state index in [1.165, 1.54) is 13.0 Å². The summed E-state index contributed by atoms with van der Waals surface area (Å²) < 4.78 is 38.6. The van der Waals surface area contributed by atoms with E-state index >= 15 is 0 Å². The molecule has 3 rings (SSSR count). The first-order chi connectivity index (χ1) is 10.0. The van der Waals surface area contributed by atoms with E-state index in [-0.39, 0.29) is 18.0 Å². The van der Waals surface area contributed by atoms with Gasteiger partial charge in [-0.15, -0.1) is 0 Å². The number of rotatable bonds is 3. The number of nitrogens with one attached hydrogen (secondary N) is 1. The standard InChI is InChI=1S/C15H12BrF2NO2/c1-8-2-12(18)13(5-11(8)17)19-6-9-3-10(16)15-14(4-9)20-7-21-15/h2-5,19H,6-7H2,1H3.